The number of hydrazone groups is 1. The second-order valence-corrected chi connectivity index (χ2v) is 9.44. The molecule has 0 spiro atoms. The van der Waals surface area contributed by atoms with Gasteiger partial charge in [-0.1, -0.05) is 67.5 Å². The zero-order chi connectivity index (χ0) is 27.1. The van der Waals surface area contributed by atoms with Crippen molar-refractivity contribution < 1.29 is 19.0 Å². The van der Waals surface area contributed by atoms with Gasteiger partial charge in [0.25, 0.3) is 0 Å². The summed E-state index contributed by atoms with van der Waals surface area (Å²) >= 11 is 0. The molecule has 4 rings (SSSR count). The fourth-order valence-electron chi connectivity index (χ4n) is 4.62. The van der Waals surface area contributed by atoms with Gasteiger partial charge in [-0.05, 0) is 48.2 Å². The summed E-state index contributed by atoms with van der Waals surface area (Å²) < 4.78 is 17.2. The number of hydrogen-bond acceptors (Lipinski definition) is 5. The Morgan fingerprint density at radius 3 is 2.47 bits per heavy atom. The van der Waals surface area contributed by atoms with E-state index in [1.807, 2.05) is 60.7 Å². The van der Waals surface area contributed by atoms with E-state index >= 15 is 0 Å². The molecule has 3 aromatic carbocycles. The number of hydrogen-bond donors (Lipinski definition) is 0. The molecule has 1 unspecified atom stereocenters. The van der Waals surface area contributed by atoms with Gasteiger partial charge in [0.1, 0.15) is 17.2 Å². The van der Waals surface area contributed by atoms with Gasteiger partial charge in [-0.15, -0.1) is 0 Å². The molecule has 198 valence electrons. The predicted octanol–water partition coefficient (Wildman–Crippen LogP) is 7.06. The number of methoxy groups -OCH3 is 2. The van der Waals surface area contributed by atoms with E-state index in [1.54, 1.807) is 26.2 Å². The maximum absolute atomic E-state index is 12.7. The molecule has 6 nitrogen and oxygen atoms in total. The number of carbonyl (C=O) groups excluding carboxylic acids is 1. The predicted molar refractivity (Wildman–Crippen MR) is 153 cm³/mol. The van der Waals surface area contributed by atoms with Gasteiger partial charge in [-0.3, -0.25) is 4.79 Å². The Kier molecular flexibility index (Phi) is 8.85. The first kappa shape index (κ1) is 27.0. The third-order valence-corrected chi connectivity index (χ3v) is 6.62. The van der Waals surface area contributed by atoms with Gasteiger partial charge < -0.3 is 14.2 Å². The molecule has 0 saturated heterocycles. The standard InChI is InChI=1S/C32H36N2O4/c1-6-7-17-38-27-15-12-24(13-16-27)11-14-26-19-28(36-4)20-31(37-5)32(26)30-21-29(33-34(30)23(3)35)25-10-8-9-22(2)18-25/h8-16,18-20,30H,6-7,17,21H2,1-5H3/b14-11+. The number of amides is 1. The summed E-state index contributed by atoms with van der Waals surface area (Å²) in [5.41, 5.74) is 5.87. The highest BCUT2D eigenvalue weighted by atomic mass is 16.5. The molecule has 0 saturated carbocycles. The van der Waals surface area contributed by atoms with Crippen LogP contribution >= 0.6 is 0 Å². The van der Waals surface area contributed by atoms with Gasteiger partial charge in [-0.25, -0.2) is 5.01 Å². The lowest BCUT2D eigenvalue weighted by atomic mass is 9.92. The first-order valence-corrected chi connectivity index (χ1v) is 13.0. The van der Waals surface area contributed by atoms with Gasteiger partial charge >= 0.3 is 0 Å². The number of rotatable bonds is 10. The quantitative estimate of drug-likeness (QED) is 0.216. The zero-order valence-electron chi connectivity index (χ0n) is 22.9. The van der Waals surface area contributed by atoms with Crippen molar-refractivity contribution in [2.45, 2.75) is 46.1 Å². The third kappa shape index (κ3) is 6.25. The van der Waals surface area contributed by atoms with Crippen LogP contribution in [-0.2, 0) is 4.79 Å². The largest absolute Gasteiger partial charge is 0.497 e. The molecular weight excluding hydrogens is 476 g/mol. The van der Waals surface area contributed by atoms with Crippen LogP contribution in [0.5, 0.6) is 17.2 Å². The average molecular weight is 513 g/mol. The van der Waals surface area contributed by atoms with E-state index in [1.165, 1.54) is 0 Å². The van der Waals surface area contributed by atoms with Crippen molar-refractivity contribution in [1.82, 2.24) is 5.01 Å². The lowest BCUT2D eigenvalue weighted by Gasteiger charge is -2.25. The van der Waals surface area contributed by atoms with Gasteiger partial charge in [0, 0.05) is 25.0 Å². The lowest BCUT2D eigenvalue weighted by Crippen LogP contribution is -2.25. The molecule has 1 atom stereocenters. The maximum Gasteiger partial charge on any atom is 0.240 e. The van der Waals surface area contributed by atoms with E-state index < -0.39 is 0 Å². The molecule has 0 radical (unpaired) electrons. The van der Waals surface area contributed by atoms with Gasteiger partial charge in [0.15, 0.2) is 0 Å². The summed E-state index contributed by atoms with van der Waals surface area (Å²) in [7, 11) is 3.27. The SMILES string of the molecule is CCCCOc1ccc(/C=C/c2cc(OC)cc(OC)c2C2CC(c3cccc(C)c3)=NN2C(C)=O)cc1. The molecule has 3 aromatic rings. The van der Waals surface area contributed by atoms with Gasteiger partial charge in [0.05, 0.1) is 32.6 Å². The Bertz CT molecular complexity index is 1330. The third-order valence-electron chi connectivity index (χ3n) is 6.62. The minimum Gasteiger partial charge on any atom is -0.497 e. The first-order chi connectivity index (χ1) is 18.4. The monoisotopic (exact) mass is 512 g/mol. The van der Waals surface area contributed by atoms with Crippen LogP contribution < -0.4 is 14.2 Å². The van der Waals surface area contributed by atoms with Crippen molar-refractivity contribution in [3.05, 3.63) is 88.5 Å². The summed E-state index contributed by atoms with van der Waals surface area (Å²) in [5.74, 6) is 2.07. The van der Waals surface area contributed by atoms with Crippen molar-refractivity contribution in [3.8, 4) is 17.2 Å². The molecule has 0 aromatic heterocycles. The Hall–Kier alpha value is -4.06. The van der Waals surface area contributed by atoms with E-state index in [-0.39, 0.29) is 11.9 Å². The summed E-state index contributed by atoms with van der Waals surface area (Å²) in [6.45, 7) is 6.47. The number of aryl methyl sites for hydroxylation is 1. The normalized spacial score (nSPS) is 15.0. The van der Waals surface area contributed by atoms with Crippen LogP contribution in [0.25, 0.3) is 12.2 Å². The van der Waals surface area contributed by atoms with E-state index in [9.17, 15) is 4.79 Å². The molecule has 6 heteroatoms. The summed E-state index contributed by atoms with van der Waals surface area (Å²) in [4.78, 5) is 12.7. The number of ether oxygens (including phenoxy) is 3. The van der Waals surface area contributed by atoms with Crippen LogP contribution in [0.1, 0.15) is 67.0 Å². The van der Waals surface area contributed by atoms with E-state index in [0.717, 1.165) is 58.7 Å². The summed E-state index contributed by atoms with van der Waals surface area (Å²) in [6.07, 6.45) is 6.80. The number of carbonyl (C=O) groups is 1. The van der Waals surface area contributed by atoms with Crippen LogP contribution in [0.2, 0.25) is 0 Å². The molecule has 0 bridgehead atoms. The van der Waals surface area contributed by atoms with E-state index in [2.05, 4.69) is 26.0 Å². The molecule has 38 heavy (non-hydrogen) atoms. The Morgan fingerprint density at radius 1 is 1.03 bits per heavy atom. The Balaban J connectivity index is 1.69. The first-order valence-electron chi connectivity index (χ1n) is 13.0. The zero-order valence-corrected chi connectivity index (χ0v) is 22.9. The minimum atomic E-state index is -0.308. The van der Waals surface area contributed by atoms with E-state index in [0.29, 0.717) is 17.9 Å². The Morgan fingerprint density at radius 2 is 1.82 bits per heavy atom. The highest BCUT2D eigenvalue weighted by Crippen LogP contribution is 2.42. The van der Waals surface area contributed by atoms with Crippen LogP contribution in [0.15, 0.2) is 65.8 Å². The van der Waals surface area contributed by atoms with Crippen molar-refractivity contribution >= 4 is 23.8 Å². The van der Waals surface area contributed by atoms with Crippen LogP contribution in [0.3, 0.4) is 0 Å². The van der Waals surface area contributed by atoms with Gasteiger partial charge in [-0.2, -0.15) is 5.10 Å². The molecule has 0 fully saturated rings. The van der Waals surface area contributed by atoms with Gasteiger partial charge in [0.2, 0.25) is 5.91 Å². The molecule has 1 heterocycles. The highest BCUT2D eigenvalue weighted by molar-refractivity contribution is 6.03. The fraction of sp³-hybridized carbons (Fsp3) is 0.312. The summed E-state index contributed by atoms with van der Waals surface area (Å²) in [5, 5.41) is 6.32. The van der Waals surface area contributed by atoms with Crippen LogP contribution in [0.4, 0.5) is 0 Å². The molecule has 1 aliphatic rings. The van der Waals surface area contributed by atoms with Crippen molar-refractivity contribution in [3.63, 3.8) is 0 Å². The number of benzene rings is 3. The highest BCUT2D eigenvalue weighted by Gasteiger charge is 2.35. The molecule has 0 aliphatic carbocycles. The van der Waals surface area contributed by atoms with Crippen LogP contribution in [0, 0.1) is 6.92 Å². The fourth-order valence-corrected chi connectivity index (χ4v) is 4.62. The van der Waals surface area contributed by atoms with Crippen molar-refractivity contribution in [2.75, 3.05) is 20.8 Å². The topological polar surface area (TPSA) is 60.4 Å². The lowest BCUT2D eigenvalue weighted by molar-refractivity contribution is -0.130. The van der Waals surface area contributed by atoms with Crippen molar-refractivity contribution in [2.24, 2.45) is 5.10 Å². The Labute approximate surface area is 225 Å². The number of unbranched alkanes of at least 4 members (excludes halogenated alkanes) is 1. The maximum atomic E-state index is 12.7. The molecular formula is C32H36N2O4. The average Bonchev–Trinajstić information content (AvgIpc) is 3.37. The van der Waals surface area contributed by atoms with Crippen LogP contribution in [-0.4, -0.2) is 37.5 Å². The second-order valence-electron chi connectivity index (χ2n) is 9.44. The molecule has 1 amide bonds. The molecule has 0 N–H and O–H groups in total. The summed E-state index contributed by atoms with van der Waals surface area (Å²) in [6, 6.07) is 19.8. The minimum absolute atomic E-state index is 0.121. The second kappa shape index (κ2) is 12.5. The number of nitrogens with zero attached hydrogens (tertiary/aromatic N) is 2. The smallest absolute Gasteiger partial charge is 0.240 e. The van der Waals surface area contributed by atoms with Crippen molar-refractivity contribution in [1.29, 1.82) is 0 Å². The van der Waals surface area contributed by atoms with E-state index in [4.69, 9.17) is 19.3 Å². The molecule has 1 aliphatic heterocycles.